The molecule has 146 valence electrons. The topological polar surface area (TPSA) is 65.5 Å². The van der Waals surface area contributed by atoms with E-state index in [-0.39, 0.29) is 11.8 Å². The minimum Gasteiger partial charge on any atom is -0.353 e. The fourth-order valence-electron chi connectivity index (χ4n) is 3.89. The molecule has 6 heteroatoms. The van der Waals surface area contributed by atoms with Gasteiger partial charge >= 0.3 is 0 Å². The van der Waals surface area contributed by atoms with Crippen LogP contribution in [0.1, 0.15) is 24.0 Å². The molecule has 0 spiro atoms. The summed E-state index contributed by atoms with van der Waals surface area (Å²) in [4.78, 5) is 34.6. The molecule has 4 rings (SSSR count). The Balaban J connectivity index is 1.41. The van der Waals surface area contributed by atoms with Gasteiger partial charge in [-0.2, -0.15) is 0 Å². The molecule has 28 heavy (non-hydrogen) atoms. The van der Waals surface area contributed by atoms with Crippen LogP contribution in [0.2, 0.25) is 0 Å². The zero-order valence-electron chi connectivity index (χ0n) is 16.4. The number of aromatic nitrogens is 1. The normalized spacial score (nSPS) is 17.9. The van der Waals surface area contributed by atoms with Crippen molar-refractivity contribution in [1.29, 1.82) is 0 Å². The predicted molar refractivity (Wildman–Crippen MR) is 109 cm³/mol. The number of anilines is 2. The smallest absolute Gasteiger partial charge is 0.240 e. The van der Waals surface area contributed by atoms with Crippen molar-refractivity contribution in [2.45, 2.75) is 26.7 Å². The number of aryl methyl sites for hydroxylation is 2. The van der Waals surface area contributed by atoms with Gasteiger partial charge in [-0.1, -0.05) is 24.3 Å². The summed E-state index contributed by atoms with van der Waals surface area (Å²) in [5, 5.41) is 3.03. The summed E-state index contributed by atoms with van der Waals surface area (Å²) in [6.45, 7) is 6.65. The second-order valence-corrected chi connectivity index (χ2v) is 7.77. The van der Waals surface area contributed by atoms with E-state index in [1.165, 1.54) is 0 Å². The molecule has 2 fully saturated rings. The minimum absolute atomic E-state index is 0.0306. The molecule has 2 aromatic rings. The highest BCUT2D eigenvalue weighted by Gasteiger charge is 2.58. The first-order chi connectivity index (χ1) is 13.5. The summed E-state index contributed by atoms with van der Waals surface area (Å²) in [5.41, 5.74) is 1.97. The maximum Gasteiger partial charge on any atom is 0.240 e. The third kappa shape index (κ3) is 3.35. The molecule has 2 heterocycles. The Labute approximate surface area is 165 Å². The Bertz CT molecular complexity index is 864. The van der Waals surface area contributed by atoms with Gasteiger partial charge in [0.05, 0.1) is 0 Å². The Morgan fingerprint density at radius 3 is 2.21 bits per heavy atom. The van der Waals surface area contributed by atoms with Crippen molar-refractivity contribution in [2.24, 2.45) is 5.41 Å². The van der Waals surface area contributed by atoms with Crippen molar-refractivity contribution in [2.75, 3.05) is 36.4 Å². The third-order valence-corrected chi connectivity index (χ3v) is 5.85. The molecule has 1 N–H and O–H groups in total. The molecule has 1 aliphatic carbocycles. The molecule has 6 nitrogen and oxygen atoms in total. The van der Waals surface area contributed by atoms with Gasteiger partial charge in [-0.3, -0.25) is 9.59 Å². The monoisotopic (exact) mass is 378 g/mol. The van der Waals surface area contributed by atoms with E-state index in [0.29, 0.717) is 25.9 Å². The molecule has 1 saturated carbocycles. The van der Waals surface area contributed by atoms with Crippen LogP contribution in [0.5, 0.6) is 0 Å². The van der Waals surface area contributed by atoms with E-state index in [1.807, 2.05) is 55.1 Å². The number of rotatable bonds is 4. The second-order valence-electron chi connectivity index (χ2n) is 7.77. The van der Waals surface area contributed by atoms with Gasteiger partial charge in [-0.05, 0) is 49.9 Å². The number of hydrogen-bond donors (Lipinski definition) is 1. The van der Waals surface area contributed by atoms with Crippen LogP contribution in [0.15, 0.2) is 42.6 Å². The van der Waals surface area contributed by atoms with E-state index >= 15 is 0 Å². The average Bonchev–Trinajstić information content (AvgIpc) is 3.53. The van der Waals surface area contributed by atoms with Crippen molar-refractivity contribution in [3.63, 3.8) is 0 Å². The molecule has 1 aromatic heterocycles. The molecule has 2 aliphatic rings. The molecule has 1 aliphatic heterocycles. The maximum atomic E-state index is 13.2. The van der Waals surface area contributed by atoms with E-state index in [1.54, 1.807) is 6.20 Å². The van der Waals surface area contributed by atoms with Crippen molar-refractivity contribution < 1.29 is 9.59 Å². The van der Waals surface area contributed by atoms with Crippen LogP contribution >= 0.6 is 0 Å². The third-order valence-electron chi connectivity index (χ3n) is 5.85. The van der Waals surface area contributed by atoms with Gasteiger partial charge in [0.1, 0.15) is 11.2 Å². The number of carbonyl (C=O) groups is 2. The molecule has 1 aromatic carbocycles. The molecule has 0 radical (unpaired) electrons. The number of pyridine rings is 1. The van der Waals surface area contributed by atoms with Crippen LogP contribution in [-0.2, 0) is 9.59 Å². The predicted octanol–water partition coefficient (Wildman–Crippen LogP) is 2.77. The van der Waals surface area contributed by atoms with E-state index in [9.17, 15) is 9.59 Å². The van der Waals surface area contributed by atoms with Crippen LogP contribution in [0.25, 0.3) is 0 Å². The van der Waals surface area contributed by atoms with Gasteiger partial charge in [0.25, 0.3) is 0 Å². The van der Waals surface area contributed by atoms with Crippen LogP contribution in [-0.4, -0.2) is 47.9 Å². The van der Waals surface area contributed by atoms with Crippen molar-refractivity contribution >= 4 is 23.3 Å². The number of amides is 2. The number of hydrogen-bond acceptors (Lipinski definition) is 4. The van der Waals surface area contributed by atoms with Crippen LogP contribution in [0.4, 0.5) is 11.5 Å². The van der Waals surface area contributed by atoms with E-state index in [4.69, 9.17) is 0 Å². The second kappa shape index (κ2) is 7.26. The van der Waals surface area contributed by atoms with Crippen LogP contribution in [0, 0.1) is 19.3 Å². The summed E-state index contributed by atoms with van der Waals surface area (Å²) in [7, 11) is 0. The summed E-state index contributed by atoms with van der Waals surface area (Å²) in [5.74, 6) is 0.738. The Hall–Kier alpha value is -2.89. The summed E-state index contributed by atoms with van der Waals surface area (Å²) in [6.07, 6.45) is 3.04. The molecule has 1 saturated heterocycles. The largest absolute Gasteiger partial charge is 0.353 e. The van der Waals surface area contributed by atoms with E-state index in [2.05, 4.69) is 15.2 Å². The lowest BCUT2D eigenvalue weighted by atomic mass is 10.0. The van der Waals surface area contributed by atoms with Crippen molar-refractivity contribution in [3.8, 4) is 0 Å². The number of carbonyl (C=O) groups excluding carboxylic acids is 2. The lowest BCUT2D eigenvalue weighted by Gasteiger charge is -2.37. The number of nitrogens with one attached hydrogen (secondary N) is 1. The molecule has 0 bridgehead atoms. The first-order valence-electron chi connectivity index (χ1n) is 9.84. The molecule has 0 atom stereocenters. The van der Waals surface area contributed by atoms with E-state index < -0.39 is 5.41 Å². The number of benzene rings is 1. The van der Waals surface area contributed by atoms with Crippen LogP contribution < -0.4 is 10.2 Å². The van der Waals surface area contributed by atoms with Gasteiger partial charge in [0.2, 0.25) is 11.8 Å². The van der Waals surface area contributed by atoms with Gasteiger partial charge in [-0.15, -0.1) is 0 Å². The maximum absolute atomic E-state index is 13.2. The molecule has 2 amide bonds. The van der Waals surface area contributed by atoms with Crippen molar-refractivity contribution in [1.82, 2.24) is 9.88 Å². The van der Waals surface area contributed by atoms with Crippen LogP contribution in [0.3, 0.4) is 0 Å². The highest BCUT2D eigenvalue weighted by molar-refractivity contribution is 6.13. The Morgan fingerprint density at radius 2 is 1.64 bits per heavy atom. The first-order valence-corrected chi connectivity index (χ1v) is 9.84. The standard InChI is InChI=1S/C22H26N4O2/c1-16-6-5-7-17(2)19(16)24-20(27)22(9-10-22)21(28)26-14-12-25(13-15-26)18-8-3-4-11-23-18/h3-8,11H,9-10,12-15H2,1-2H3,(H,24,27). The highest BCUT2D eigenvalue weighted by Crippen LogP contribution is 2.48. The van der Waals surface area contributed by atoms with Gasteiger partial charge in [0.15, 0.2) is 0 Å². The molecular weight excluding hydrogens is 352 g/mol. The summed E-state index contributed by atoms with van der Waals surface area (Å²) in [6, 6.07) is 11.8. The number of para-hydroxylation sites is 1. The Morgan fingerprint density at radius 1 is 0.964 bits per heavy atom. The van der Waals surface area contributed by atoms with Crippen molar-refractivity contribution in [3.05, 3.63) is 53.7 Å². The van der Waals surface area contributed by atoms with Gasteiger partial charge < -0.3 is 15.1 Å². The summed E-state index contributed by atoms with van der Waals surface area (Å²) >= 11 is 0. The molecular formula is C22H26N4O2. The summed E-state index contributed by atoms with van der Waals surface area (Å²) < 4.78 is 0. The number of nitrogens with zero attached hydrogens (tertiary/aromatic N) is 3. The quantitative estimate of drug-likeness (QED) is 0.831. The SMILES string of the molecule is Cc1cccc(C)c1NC(=O)C1(C(=O)N2CCN(c3ccccn3)CC2)CC1. The average molecular weight is 378 g/mol. The lowest BCUT2D eigenvalue weighted by molar-refractivity contribution is -0.142. The highest BCUT2D eigenvalue weighted by atomic mass is 16.2. The fourth-order valence-corrected chi connectivity index (χ4v) is 3.89. The number of piperazine rings is 1. The zero-order chi connectivity index (χ0) is 19.7. The van der Waals surface area contributed by atoms with Gasteiger partial charge in [0, 0.05) is 38.1 Å². The first kappa shape index (κ1) is 18.5. The minimum atomic E-state index is -0.887. The zero-order valence-corrected chi connectivity index (χ0v) is 16.4. The fraction of sp³-hybridized carbons (Fsp3) is 0.409. The van der Waals surface area contributed by atoms with Gasteiger partial charge in [-0.25, -0.2) is 4.98 Å². The van der Waals surface area contributed by atoms with E-state index in [0.717, 1.165) is 35.7 Å². The molecule has 0 unspecified atom stereocenters. The lowest BCUT2D eigenvalue weighted by Crippen LogP contribution is -2.52. The Kier molecular flexibility index (Phi) is 4.79.